The minimum absolute atomic E-state index is 0.165. The number of benzene rings is 1. The van der Waals surface area contributed by atoms with E-state index in [0.29, 0.717) is 18.2 Å². The third kappa shape index (κ3) is 3.68. The van der Waals surface area contributed by atoms with Gasteiger partial charge in [-0.3, -0.25) is 4.90 Å². The second-order valence-electron chi connectivity index (χ2n) is 8.17. The molecule has 0 saturated carbocycles. The van der Waals surface area contributed by atoms with Crippen molar-refractivity contribution in [1.29, 1.82) is 0 Å². The molecule has 0 N–H and O–H groups in total. The van der Waals surface area contributed by atoms with Crippen LogP contribution < -0.4 is 0 Å². The van der Waals surface area contributed by atoms with Gasteiger partial charge in [0, 0.05) is 31.6 Å². The molecule has 2 fully saturated rings. The summed E-state index contributed by atoms with van der Waals surface area (Å²) >= 11 is 0. The van der Waals surface area contributed by atoms with Crippen molar-refractivity contribution in [3.8, 4) is 0 Å². The smallest absolute Gasteiger partial charge is 0.156 e. The zero-order chi connectivity index (χ0) is 17.5. The summed E-state index contributed by atoms with van der Waals surface area (Å²) in [5.74, 6) is 1.25. The molecule has 0 unspecified atom stereocenters. The third-order valence-electron chi connectivity index (χ3n) is 5.48. The van der Waals surface area contributed by atoms with Crippen LogP contribution in [-0.2, 0) is 22.8 Å². The first-order valence-corrected chi connectivity index (χ1v) is 10.7. The molecule has 2 saturated heterocycles. The molecule has 2 heterocycles. The van der Waals surface area contributed by atoms with Gasteiger partial charge in [-0.1, -0.05) is 38.1 Å². The van der Waals surface area contributed by atoms with Crippen LogP contribution in [0.2, 0.25) is 0 Å². The van der Waals surface area contributed by atoms with E-state index in [2.05, 4.69) is 47.9 Å². The van der Waals surface area contributed by atoms with Gasteiger partial charge in [-0.05, 0) is 37.6 Å². The standard InChI is InChI=1S/C19H30N2O2S/c1-14(2)9-15-5-7-16(8-6-15)10-21-11-17-18(20(3)4)13-24(22,23)19(17)12-21/h5-8,14,17-19H,9-13H2,1-4H3/t17-,18+,19-/m0/s1. The highest BCUT2D eigenvalue weighted by atomic mass is 32.2. The lowest BCUT2D eigenvalue weighted by Crippen LogP contribution is -2.37. The first-order chi connectivity index (χ1) is 11.3. The molecule has 1 aromatic rings. The first-order valence-electron chi connectivity index (χ1n) is 8.94. The molecule has 2 aliphatic heterocycles. The van der Waals surface area contributed by atoms with Crippen LogP contribution >= 0.6 is 0 Å². The highest BCUT2D eigenvalue weighted by Crippen LogP contribution is 2.36. The van der Waals surface area contributed by atoms with Crippen molar-refractivity contribution in [2.45, 2.75) is 38.1 Å². The minimum atomic E-state index is -2.95. The van der Waals surface area contributed by atoms with Gasteiger partial charge in [-0.2, -0.15) is 0 Å². The summed E-state index contributed by atoms with van der Waals surface area (Å²) in [6.45, 7) is 6.90. The lowest BCUT2D eigenvalue weighted by molar-refractivity contribution is 0.229. The fraction of sp³-hybridized carbons (Fsp3) is 0.684. The molecule has 4 nitrogen and oxygen atoms in total. The maximum atomic E-state index is 12.5. The fourth-order valence-corrected chi connectivity index (χ4v) is 6.79. The van der Waals surface area contributed by atoms with Gasteiger partial charge < -0.3 is 4.90 Å². The zero-order valence-electron chi connectivity index (χ0n) is 15.3. The summed E-state index contributed by atoms with van der Waals surface area (Å²) in [7, 11) is 1.05. The second kappa shape index (κ2) is 6.77. The average molecular weight is 351 g/mol. The number of hydrogen-bond acceptors (Lipinski definition) is 4. The number of fused-ring (bicyclic) bond motifs is 1. The van der Waals surface area contributed by atoms with Crippen molar-refractivity contribution in [3.05, 3.63) is 35.4 Å². The first kappa shape index (κ1) is 17.9. The van der Waals surface area contributed by atoms with Gasteiger partial charge in [0.2, 0.25) is 0 Å². The number of sulfone groups is 1. The lowest BCUT2D eigenvalue weighted by atomic mass is 10.00. The van der Waals surface area contributed by atoms with Crippen molar-refractivity contribution < 1.29 is 8.42 Å². The van der Waals surface area contributed by atoms with E-state index >= 15 is 0 Å². The predicted octanol–water partition coefficient (Wildman–Crippen LogP) is 2.04. The highest BCUT2D eigenvalue weighted by molar-refractivity contribution is 7.92. The summed E-state index contributed by atoms with van der Waals surface area (Å²) < 4.78 is 24.9. The summed E-state index contributed by atoms with van der Waals surface area (Å²) in [4.78, 5) is 4.41. The molecule has 0 aliphatic carbocycles. The minimum Gasteiger partial charge on any atom is -0.305 e. The highest BCUT2D eigenvalue weighted by Gasteiger charge is 2.52. The van der Waals surface area contributed by atoms with E-state index < -0.39 is 9.84 Å². The van der Waals surface area contributed by atoms with Crippen LogP contribution in [0.25, 0.3) is 0 Å². The second-order valence-corrected chi connectivity index (χ2v) is 10.4. The van der Waals surface area contributed by atoms with E-state index in [9.17, 15) is 8.42 Å². The van der Waals surface area contributed by atoms with Gasteiger partial charge >= 0.3 is 0 Å². The lowest BCUT2D eigenvalue weighted by Gasteiger charge is -2.25. The van der Waals surface area contributed by atoms with E-state index in [1.165, 1.54) is 11.1 Å². The van der Waals surface area contributed by atoms with Crippen molar-refractivity contribution in [3.63, 3.8) is 0 Å². The topological polar surface area (TPSA) is 40.6 Å². The molecule has 24 heavy (non-hydrogen) atoms. The Kier molecular flexibility index (Phi) is 5.05. The summed E-state index contributed by atoms with van der Waals surface area (Å²) in [5.41, 5.74) is 2.66. The monoisotopic (exact) mass is 350 g/mol. The van der Waals surface area contributed by atoms with Crippen LogP contribution in [0.5, 0.6) is 0 Å². The molecule has 0 spiro atoms. The van der Waals surface area contributed by atoms with Crippen molar-refractivity contribution >= 4 is 9.84 Å². The molecular weight excluding hydrogens is 320 g/mol. The normalized spacial score (nSPS) is 29.5. The Labute approximate surface area is 146 Å². The molecule has 3 rings (SSSR count). The van der Waals surface area contributed by atoms with Crippen LogP contribution in [0, 0.1) is 11.8 Å². The van der Waals surface area contributed by atoms with Gasteiger partial charge in [0.05, 0.1) is 11.0 Å². The Bertz CT molecular complexity index is 667. The van der Waals surface area contributed by atoms with E-state index in [1.807, 2.05) is 14.1 Å². The molecular formula is C19H30N2O2S. The quantitative estimate of drug-likeness (QED) is 0.815. The summed E-state index contributed by atoms with van der Waals surface area (Å²) in [6.07, 6.45) is 1.11. The summed E-state index contributed by atoms with van der Waals surface area (Å²) in [6, 6.07) is 8.99. The zero-order valence-corrected chi connectivity index (χ0v) is 16.1. The van der Waals surface area contributed by atoms with Crippen LogP contribution in [0.4, 0.5) is 0 Å². The van der Waals surface area contributed by atoms with Crippen molar-refractivity contribution in [2.75, 3.05) is 32.9 Å². The molecule has 0 radical (unpaired) electrons. The van der Waals surface area contributed by atoms with Crippen LogP contribution in [-0.4, -0.2) is 62.4 Å². The van der Waals surface area contributed by atoms with E-state index in [-0.39, 0.29) is 17.2 Å². The average Bonchev–Trinajstić information content (AvgIpc) is 3.00. The molecule has 0 amide bonds. The Hall–Kier alpha value is -0.910. The van der Waals surface area contributed by atoms with Gasteiger partial charge in [0.1, 0.15) is 0 Å². The Morgan fingerprint density at radius 3 is 2.33 bits per heavy atom. The molecule has 2 aliphatic rings. The van der Waals surface area contributed by atoms with Crippen molar-refractivity contribution in [2.24, 2.45) is 11.8 Å². The predicted molar refractivity (Wildman–Crippen MR) is 98.8 cm³/mol. The number of nitrogens with zero attached hydrogens (tertiary/aromatic N) is 2. The van der Waals surface area contributed by atoms with Crippen LogP contribution in [0.15, 0.2) is 24.3 Å². The summed E-state index contributed by atoms with van der Waals surface area (Å²) in [5, 5.41) is -0.176. The number of rotatable bonds is 5. The molecule has 134 valence electrons. The van der Waals surface area contributed by atoms with Crippen molar-refractivity contribution in [1.82, 2.24) is 9.80 Å². The van der Waals surface area contributed by atoms with E-state index in [0.717, 1.165) is 19.5 Å². The Morgan fingerprint density at radius 2 is 1.75 bits per heavy atom. The largest absolute Gasteiger partial charge is 0.305 e. The van der Waals surface area contributed by atoms with Gasteiger partial charge in [0.15, 0.2) is 9.84 Å². The SMILES string of the molecule is CC(C)Cc1ccc(CN2C[C@H]3[C@H](N(C)C)CS(=O)(=O)[C@H]3C2)cc1. The van der Waals surface area contributed by atoms with Crippen LogP contribution in [0.1, 0.15) is 25.0 Å². The van der Waals surface area contributed by atoms with Gasteiger partial charge in [0.25, 0.3) is 0 Å². The van der Waals surface area contributed by atoms with E-state index in [4.69, 9.17) is 0 Å². The molecule has 5 heteroatoms. The number of hydrogen-bond donors (Lipinski definition) is 0. The number of likely N-dealkylation sites (tertiary alicyclic amines) is 1. The Balaban J connectivity index is 1.66. The van der Waals surface area contributed by atoms with Gasteiger partial charge in [-0.25, -0.2) is 8.42 Å². The maximum Gasteiger partial charge on any atom is 0.156 e. The van der Waals surface area contributed by atoms with Gasteiger partial charge in [-0.15, -0.1) is 0 Å². The van der Waals surface area contributed by atoms with E-state index in [1.54, 1.807) is 0 Å². The van der Waals surface area contributed by atoms with Crippen LogP contribution in [0.3, 0.4) is 0 Å². The third-order valence-corrected chi connectivity index (χ3v) is 7.71. The molecule has 1 aromatic carbocycles. The fourth-order valence-electron chi connectivity index (χ4n) is 4.29. The molecule has 0 bridgehead atoms. The Morgan fingerprint density at radius 1 is 1.12 bits per heavy atom. The molecule has 3 atom stereocenters. The maximum absolute atomic E-state index is 12.5. The molecule has 0 aromatic heterocycles.